The molecule has 0 fully saturated rings. The van der Waals surface area contributed by atoms with E-state index in [1.54, 1.807) is 23.5 Å². The summed E-state index contributed by atoms with van der Waals surface area (Å²) in [6.45, 7) is 20.9. The van der Waals surface area contributed by atoms with Crippen LogP contribution in [-0.4, -0.2) is 55.3 Å². The van der Waals surface area contributed by atoms with Gasteiger partial charge in [0.1, 0.15) is 28.2 Å². The molecule has 280 valence electrons. The molecule has 0 saturated heterocycles. The quantitative estimate of drug-likeness (QED) is 0.116. The number of esters is 1. The topological polar surface area (TPSA) is 128 Å². The number of ether oxygens (including phenoxy) is 2. The van der Waals surface area contributed by atoms with Gasteiger partial charge in [0, 0.05) is 39.7 Å². The maximum absolute atomic E-state index is 13.0. The lowest BCUT2D eigenvalue weighted by molar-refractivity contribution is -0.156. The minimum atomic E-state index is -0.539. The van der Waals surface area contributed by atoms with Crippen LogP contribution in [0.3, 0.4) is 0 Å². The number of phenolic OH excluding ortho intramolecular Hbond substituents is 1. The van der Waals surface area contributed by atoms with Crippen molar-refractivity contribution in [2.45, 2.75) is 112 Å². The summed E-state index contributed by atoms with van der Waals surface area (Å²) in [6, 6.07) is 13.4. The van der Waals surface area contributed by atoms with E-state index in [0.29, 0.717) is 35.3 Å². The van der Waals surface area contributed by atoms with Gasteiger partial charge in [0.05, 0.1) is 17.7 Å². The predicted molar refractivity (Wildman–Crippen MR) is 209 cm³/mol. The van der Waals surface area contributed by atoms with E-state index in [0.717, 1.165) is 46.3 Å². The number of nitrogens with zero attached hydrogens (tertiary/aromatic N) is 4. The Kier molecular flexibility index (Phi) is 13.4. The number of fused-ring (bicyclic) bond motifs is 3. The van der Waals surface area contributed by atoms with Crippen molar-refractivity contribution in [3.05, 3.63) is 86.8 Å². The number of carbonyl (C=O) groups excluding carboxylic acids is 2. The van der Waals surface area contributed by atoms with Crippen LogP contribution in [-0.2, 0) is 19.1 Å². The first kappa shape index (κ1) is 40.7. The van der Waals surface area contributed by atoms with Crippen LogP contribution in [0, 0.1) is 26.7 Å². The molecule has 52 heavy (non-hydrogen) atoms. The summed E-state index contributed by atoms with van der Waals surface area (Å²) in [6.07, 6.45) is 2.24. The Morgan fingerprint density at radius 1 is 1.00 bits per heavy atom. The van der Waals surface area contributed by atoms with Crippen molar-refractivity contribution >= 4 is 46.2 Å². The van der Waals surface area contributed by atoms with Gasteiger partial charge in [-0.25, -0.2) is 0 Å². The first-order chi connectivity index (χ1) is 24.3. The molecule has 2 aromatic heterocycles. The highest BCUT2D eigenvalue weighted by Crippen LogP contribution is 2.39. The van der Waals surface area contributed by atoms with Gasteiger partial charge in [-0.15, -0.1) is 21.5 Å². The number of rotatable bonds is 11. The molecule has 0 spiro atoms. The van der Waals surface area contributed by atoms with Gasteiger partial charge in [0.15, 0.2) is 5.82 Å². The number of benzene rings is 2. The molecule has 10 nitrogen and oxygen atoms in total. The molecule has 1 amide bonds. The third-order valence-corrected chi connectivity index (χ3v) is 9.87. The van der Waals surface area contributed by atoms with Crippen LogP contribution < -0.4 is 5.32 Å². The average Bonchev–Trinajstić information content (AvgIpc) is 3.52. The highest BCUT2D eigenvalue weighted by molar-refractivity contribution is 7.15. The van der Waals surface area contributed by atoms with Crippen molar-refractivity contribution in [3.8, 4) is 10.8 Å². The number of aromatic nitrogens is 3. The van der Waals surface area contributed by atoms with Crippen molar-refractivity contribution in [1.82, 2.24) is 14.8 Å². The van der Waals surface area contributed by atoms with E-state index in [9.17, 15) is 14.7 Å². The Bertz CT molecular complexity index is 1870. The molecule has 0 bridgehead atoms. The monoisotopic (exact) mass is 749 g/mol. The number of aliphatic imine (C=N–C) groups is 1. The predicted octanol–water partition coefficient (Wildman–Crippen LogP) is 9.48. The lowest BCUT2D eigenvalue weighted by Crippen LogP contribution is -2.29. The normalized spacial score (nSPS) is 14.1. The smallest absolute Gasteiger partial charge is 0.306 e. The number of carbonyl (C=O) groups is 2. The van der Waals surface area contributed by atoms with Crippen molar-refractivity contribution in [2.24, 2.45) is 10.9 Å². The molecule has 1 atom stereocenters. The van der Waals surface area contributed by atoms with Crippen molar-refractivity contribution in [1.29, 1.82) is 0 Å². The summed E-state index contributed by atoms with van der Waals surface area (Å²) in [4.78, 5) is 30.9. The first-order valence-electron chi connectivity index (χ1n) is 17.6. The molecule has 0 saturated carbocycles. The molecule has 1 aliphatic heterocycles. The molecule has 2 N–H and O–H groups in total. The molecule has 3 heterocycles. The zero-order valence-electron chi connectivity index (χ0n) is 32.0. The summed E-state index contributed by atoms with van der Waals surface area (Å²) in [5.74, 6) is 1.80. The van der Waals surface area contributed by atoms with E-state index in [1.807, 2.05) is 70.4 Å². The molecule has 0 aliphatic carbocycles. The molecule has 0 unspecified atom stereocenters. The molecule has 12 heteroatoms. The minimum absolute atomic E-state index is 0.0864. The van der Waals surface area contributed by atoms with Crippen LogP contribution in [0.4, 0.5) is 5.69 Å². The van der Waals surface area contributed by atoms with Crippen LogP contribution in [0.1, 0.15) is 113 Å². The zero-order valence-corrected chi connectivity index (χ0v) is 33.5. The largest absolute Gasteiger partial charge is 0.508 e. The Labute approximate surface area is 316 Å². The molecule has 1 aliphatic rings. The van der Waals surface area contributed by atoms with Gasteiger partial charge in [0.25, 0.3) is 0 Å². The fraction of sp³-hybridized carbons (Fsp3) is 0.475. The van der Waals surface area contributed by atoms with Gasteiger partial charge < -0.3 is 19.9 Å². The van der Waals surface area contributed by atoms with E-state index in [-0.39, 0.29) is 29.6 Å². The number of aryl methyl sites for hydroxylation is 2. The summed E-state index contributed by atoms with van der Waals surface area (Å²) in [7, 11) is 0. The van der Waals surface area contributed by atoms with Crippen molar-refractivity contribution in [3.63, 3.8) is 0 Å². The van der Waals surface area contributed by atoms with E-state index in [1.165, 1.54) is 17.0 Å². The second-order valence-electron chi connectivity index (χ2n) is 15.1. The van der Waals surface area contributed by atoms with Gasteiger partial charge >= 0.3 is 5.97 Å². The van der Waals surface area contributed by atoms with E-state index in [2.05, 4.69) is 43.2 Å². The Morgan fingerprint density at radius 2 is 1.65 bits per heavy atom. The fourth-order valence-corrected chi connectivity index (χ4v) is 6.84. The number of amides is 1. The Morgan fingerprint density at radius 3 is 2.27 bits per heavy atom. The fourth-order valence-electron chi connectivity index (χ4n) is 5.50. The van der Waals surface area contributed by atoms with Crippen LogP contribution in [0.15, 0.2) is 53.5 Å². The van der Waals surface area contributed by atoms with Gasteiger partial charge in [-0.05, 0) is 116 Å². The highest BCUT2D eigenvalue weighted by atomic mass is 35.5. The Balaban J connectivity index is 0.000000287. The number of phenols is 1. The van der Waals surface area contributed by atoms with Gasteiger partial charge in [0.2, 0.25) is 5.91 Å². The lowest BCUT2D eigenvalue weighted by atomic mass is 9.99. The molecule has 4 aromatic rings. The molecular formula is C40H52ClN5O5S. The molecule has 0 radical (unpaired) electrons. The number of hydrogen-bond donors (Lipinski definition) is 2. The molecular weight excluding hydrogens is 698 g/mol. The van der Waals surface area contributed by atoms with E-state index < -0.39 is 11.6 Å². The molecule has 5 rings (SSSR count). The highest BCUT2D eigenvalue weighted by Gasteiger charge is 2.32. The second-order valence-corrected chi connectivity index (χ2v) is 16.7. The Hall–Kier alpha value is -4.06. The number of halogens is 1. The third kappa shape index (κ3) is 11.2. The summed E-state index contributed by atoms with van der Waals surface area (Å²) in [5.41, 5.74) is 3.83. The summed E-state index contributed by atoms with van der Waals surface area (Å²) in [5, 5.41) is 22.8. The van der Waals surface area contributed by atoms with Crippen molar-refractivity contribution < 1.29 is 24.2 Å². The standard InChI is InChI=1S/C25H22ClN5O2S.C15H30O3/c1-13-14(2)34-25-22(13)23(16-4-6-17(26)7-5-16)28-20(24-30-29-15(3)31(24)25)12-21(33)27-18-8-10-19(32)11-9-18;1-12(2)9-11-17-15(6,7)10-8-13(16)18-14(3,4)5/h4-11,20,32H,12H2,1-3H3,(H,27,33);12H,8-11H2,1-7H3/t20-;/m0./s1. The van der Waals surface area contributed by atoms with Crippen LogP contribution >= 0.6 is 22.9 Å². The van der Waals surface area contributed by atoms with E-state index in [4.69, 9.17) is 26.1 Å². The van der Waals surface area contributed by atoms with Gasteiger partial charge in [-0.3, -0.25) is 19.1 Å². The number of nitrogens with one attached hydrogen (secondary N) is 1. The van der Waals surface area contributed by atoms with E-state index >= 15 is 0 Å². The maximum atomic E-state index is 13.0. The molecule has 2 aromatic carbocycles. The summed E-state index contributed by atoms with van der Waals surface area (Å²) < 4.78 is 13.1. The number of thiophene rings is 1. The maximum Gasteiger partial charge on any atom is 0.306 e. The van der Waals surface area contributed by atoms with Crippen LogP contribution in [0.5, 0.6) is 5.75 Å². The SMILES string of the molecule is CC(C)CCOC(C)(C)CCC(=O)OC(C)(C)C.Cc1sc2c(c1C)C(c1ccc(Cl)cc1)=N[C@@H](CC(=O)Nc1ccc(O)cc1)c1nnc(C)n1-2. The second kappa shape index (κ2) is 17.2. The van der Waals surface area contributed by atoms with Gasteiger partial charge in [-0.1, -0.05) is 37.6 Å². The van der Waals surface area contributed by atoms with Crippen LogP contribution in [0.25, 0.3) is 5.00 Å². The number of anilines is 1. The third-order valence-electron chi connectivity index (χ3n) is 8.43. The average molecular weight is 750 g/mol. The number of hydrogen-bond acceptors (Lipinski definition) is 9. The first-order valence-corrected chi connectivity index (χ1v) is 18.8. The lowest BCUT2D eigenvalue weighted by Gasteiger charge is -2.26. The number of aromatic hydroxyl groups is 1. The zero-order chi connectivity index (χ0) is 38.4. The van der Waals surface area contributed by atoms with Gasteiger partial charge in [-0.2, -0.15) is 0 Å². The van der Waals surface area contributed by atoms with Crippen molar-refractivity contribution in [2.75, 3.05) is 11.9 Å². The summed E-state index contributed by atoms with van der Waals surface area (Å²) >= 11 is 7.82. The minimum Gasteiger partial charge on any atom is -0.508 e. The van der Waals surface area contributed by atoms with Crippen LogP contribution in [0.2, 0.25) is 5.02 Å².